The van der Waals surface area contributed by atoms with E-state index in [1.54, 1.807) is 47.7 Å². The van der Waals surface area contributed by atoms with E-state index in [1.165, 1.54) is 4.90 Å². The van der Waals surface area contributed by atoms with Gasteiger partial charge in [0.05, 0.1) is 20.8 Å². The fourth-order valence-corrected chi connectivity index (χ4v) is 4.67. The molecule has 0 spiro atoms. The number of rotatable bonds is 3. The fraction of sp³-hybridized carbons (Fsp3) is 0. The second-order valence-corrected chi connectivity index (χ2v) is 8.07. The number of nitrogens with zero attached hydrogens (tertiary/aromatic N) is 2. The summed E-state index contributed by atoms with van der Waals surface area (Å²) in [6.07, 6.45) is 1.60. The summed E-state index contributed by atoms with van der Waals surface area (Å²) in [4.78, 5) is 31.1. The number of furan rings is 1. The highest BCUT2D eigenvalue weighted by Crippen LogP contribution is 2.37. The van der Waals surface area contributed by atoms with Gasteiger partial charge in [-0.2, -0.15) is 0 Å². The molecule has 2 amide bonds. The van der Waals surface area contributed by atoms with Gasteiger partial charge in [-0.1, -0.05) is 30.3 Å². The number of para-hydroxylation sites is 2. The van der Waals surface area contributed by atoms with Crippen molar-refractivity contribution in [2.45, 2.75) is 0 Å². The van der Waals surface area contributed by atoms with Gasteiger partial charge in [0.2, 0.25) is 0 Å². The zero-order chi connectivity index (χ0) is 19.1. The summed E-state index contributed by atoms with van der Waals surface area (Å²) >= 11 is 2.45. The molecule has 5 nitrogen and oxygen atoms in total. The lowest BCUT2D eigenvalue weighted by Crippen LogP contribution is -2.27. The molecule has 5 rings (SSSR count). The number of hydrogen-bond donors (Lipinski definition) is 0. The van der Waals surface area contributed by atoms with Gasteiger partial charge >= 0.3 is 0 Å². The molecule has 0 aliphatic carbocycles. The summed E-state index contributed by atoms with van der Waals surface area (Å²) in [7, 11) is 0. The van der Waals surface area contributed by atoms with E-state index in [1.807, 2.05) is 36.4 Å². The number of thioether (sulfide) groups is 1. The lowest BCUT2D eigenvalue weighted by molar-refractivity contribution is -0.113. The molecule has 0 radical (unpaired) electrons. The first-order valence-electron chi connectivity index (χ1n) is 8.48. The van der Waals surface area contributed by atoms with E-state index in [9.17, 15) is 9.59 Å². The molecule has 0 atom stereocenters. The van der Waals surface area contributed by atoms with Gasteiger partial charge in [-0.25, -0.2) is 9.88 Å². The first kappa shape index (κ1) is 17.0. The molecule has 2 aromatic heterocycles. The Balaban J connectivity index is 1.44. The van der Waals surface area contributed by atoms with Crippen molar-refractivity contribution < 1.29 is 14.0 Å². The number of benzene rings is 2. The van der Waals surface area contributed by atoms with E-state index >= 15 is 0 Å². The molecule has 7 heteroatoms. The van der Waals surface area contributed by atoms with Crippen molar-refractivity contribution in [1.82, 2.24) is 4.98 Å². The fourth-order valence-electron chi connectivity index (χ4n) is 2.92. The lowest BCUT2D eigenvalue weighted by atomic mass is 10.3. The third kappa shape index (κ3) is 2.94. The Morgan fingerprint density at radius 2 is 1.71 bits per heavy atom. The highest BCUT2D eigenvalue weighted by atomic mass is 32.2. The average molecular weight is 404 g/mol. The van der Waals surface area contributed by atoms with E-state index in [0.29, 0.717) is 22.1 Å². The number of fused-ring (bicyclic) bond motifs is 1. The Kier molecular flexibility index (Phi) is 4.11. The van der Waals surface area contributed by atoms with Crippen LogP contribution in [0.5, 0.6) is 0 Å². The highest BCUT2D eigenvalue weighted by molar-refractivity contribution is 8.19. The minimum Gasteiger partial charge on any atom is -0.454 e. The molecule has 0 unspecified atom stereocenters. The van der Waals surface area contributed by atoms with Gasteiger partial charge in [0, 0.05) is 6.08 Å². The molecule has 1 aliphatic heterocycles. The standard InChI is InChI=1S/C21H12N2O3S2/c24-20-18(28-21(25)23(20)13-6-2-1-3-7-13)12-14-10-11-16(26-14)19-22-15-8-4-5-9-17(15)27-19/h1-12H/b18-12-. The maximum atomic E-state index is 12.7. The van der Waals surface area contributed by atoms with Gasteiger partial charge in [0.25, 0.3) is 11.1 Å². The summed E-state index contributed by atoms with van der Waals surface area (Å²) in [6.45, 7) is 0. The predicted octanol–water partition coefficient (Wildman–Crippen LogP) is 5.80. The highest BCUT2D eigenvalue weighted by Gasteiger charge is 2.36. The summed E-state index contributed by atoms with van der Waals surface area (Å²) in [5.41, 5.74) is 1.48. The van der Waals surface area contributed by atoms with Gasteiger partial charge in [-0.05, 0) is 48.2 Å². The van der Waals surface area contributed by atoms with Crippen LogP contribution in [0.15, 0.2) is 76.1 Å². The number of thiazole rings is 1. The molecule has 0 saturated carbocycles. The average Bonchev–Trinajstić information content (AvgIpc) is 3.40. The number of carbonyl (C=O) groups is 2. The molecule has 1 saturated heterocycles. The second-order valence-electron chi connectivity index (χ2n) is 6.04. The van der Waals surface area contributed by atoms with Crippen molar-refractivity contribution in [2.24, 2.45) is 0 Å². The molecular formula is C21H12N2O3S2. The molecule has 0 N–H and O–H groups in total. The summed E-state index contributed by atoms with van der Waals surface area (Å²) < 4.78 is 6.94. The summed E-state index contributed by atoms with van der Waals surface area (Å²) in [6, 6.07) is 20.4. The van der Waals surface area contributed by atoms with Crippen molar-refractivity contribution in [1.29, 1.82) is 0 Å². The Labute approximate surface area is 168 Å². The molecule has 28 heavy (non-hydrogen) atoms. The third-order valence-corrected chi connectivity index (χ3v) is 6.13. The zero-order valence-electron chi connectivity index (χ0n) is 14.4. The Morgan fingerprint density at radius 3 is 2.54 bits per heavy atom. The molecule has 2 aromatic carbocycles. The van der Waals surface area contributed by atoms with Crippen molar-refractivity contribution in [3.8, 4) is 10.8 Å². The number of aromatic nitrogens is 1. The first-order valence-corrected chi connectivity index (χ1v) is 10.1. The number of imide groups is 1. The molecule has 3 heterocycles. The van der Waals surface area contributed by atoms with Crippen LogP contribution >= 0.6 is 23.1 Å². The van der Waals surface area contributed by atoms with E-state index in [-0.39, 0.29) is 11.1 Å². The zero-order valence-corrected chi connectivity index (χ0v) is 16.0. The minimum absolute atomic E-state index is 0.319. The predicted molar refractivity (Wildman–Crippen MR) is 112 cm³/mol. The van der Waals surface area contributed by atoms with Crippen molar-refractivity contribution >= 4 is 56.2 Å². The normalized spacial score (nSPS) is 15.9. The monoisotopic (exact) mass is 404 g/mol. The van der Waals surface area contributed by atoms with Crippen molar-refractivity contribution in [3.05, 3.63) is 77.4 Å². The molecule has 4 aromatic rings. The van der Waals surface area contributed by atoms with Crippen LogP contribution in [0.2, 0.25) is 0 Å². The van der Waals surface area contributed by atoms with E-state index in [0.717, 1.165) is 27.0 Å². The first-order chi connectivity index (χ1) is 13.7. The van der Waals surface area contributed by atoms with Crippen LogP contribution in [0, 0.1) is 0 Å². The Hall–Kier alpha value is -3.16. The van der Waals surface area contributed by atoms with Crippen molar-refractivity contribution in [3.63, 3.8) is 0 Å². The molecular weight excluding hydrogens is 392 g/mol. The maximum absolute atomic E-state index is 12.7. The Morgan fingerprint density at radius 1 is 0.929 bits per heavy atom. The van der Waals surface area contributed by atoms with Gasteiger partial charge in [0.1, 0.15) is 5.76 Å². The van der Waals surface area contributed by atoms with Crippen LogP contribution < -0.4 is 4.90 Å². The van der Waals surface area contributed by atoms with Crippen LogP contribution in [0.4, 0.5) is 10.5 Å². The van der Waals surface area contributed by atoms with Gasteiger partial charge < -0.3 is 4.42 Å². The van der Waals surface area contributed by atoms with Gasteiger partial charge in [0.15, 0.2) is 10.8 Å². The number of carbonyl (C=O) groups excluding carboxylic acids is 2. The quantitative estimate of drug-likeness (QED) is 0.404. The SMILES string of the molecule is O=C1S/C(=C\c2ccc(-c3nc4ccccc4s3)o2)C(=O)N1c1ccccc1. The van der Waals surface area contributed by atoms with Crippen LogP contribution in [-0.2, 0) is 4.79 Å². The number of amides is 2. The summed E-state index contributed by atoms with van der Waals surface area (Å²) in [5, 5.41) is 0.457. The molecule has 1 aliphatic rings. The third-order valence-electron chi connectivity index (χ3n) is 4.21. The molecule has 136 valence electrons. The lowest BCUT2D eigenvalue weighted by Gasteiger charge is -2.11. The van der Waals surface area contributed by atoms with Crippen LogP contribution in [0.25, 0.3) is 27.1 Å². The van der Waals surface area contributed by atoms with Crippen molar-refractivity contribution in [2.75, 3.05) is 4.90 Å². The topological polar surface area (TPSA) is 63.4 Å². The molecule has 1 fully saturated rings. The van der Waals surface area contributed by atoms with Gasteiger partial charge in [-0.15, -0.1) is 11.3 Å². The van der Waals surface area contributed by atoms with E-state index in [2.05, 4.69) is 4.98 Å². The number of anilines is 1. The maximum Gasteiger partial charge on any atom is 0.298 e. The van der Waals surface area contributed by atoms with E-state index < -0.39 is 0 Å². The number of hydrogen-bond acceptors (Lipinski definition) is 6. The van der Waals surface area contributed by atoms with Crippen LogP contribution in [0.1, 0.15) is 5.76 Å². The summed E-state index contributed by atoms with van der Waals surface area (Å²) in [5.74, 6) is 0.793. The second kappa shape index (κ2) is 6.78. The Bertz CT molecular complexity index is 1210. The van der Waals surface area contributed by atoms with Crippen LogP contribution in [-0.4, -0.2) is 16.1 Å². The molecule has 0 bridgehead atoms. The van der Waals surface area contributed by atoms with E-state index in [4.69, 9.17) is 4.42 Å². The van der Waals surface area contributed by atoms with Gasteiger partial charge in [-0.3, -0.25) is 9.59 Å². The van der Waals surface area contributed by atoms with Crippen LogP contribution in [0.3, 0.4) is 0 Å². The largest absolute Gasteiger partial charge is 0.454 e. The smallest absolute Gasteiger partial charge is 0.298 e. The minimum atomic E-state index is -0.348.